The van der Waals surface area contributed by atoms with Crippen LogP contribution in [0.3, 0.4) is 0 Å². The number of anilines is 1. The molecule has 4 N–H and O–H groups in total. The summed E-state index contributed by atoms with van der Waals surface area (Å²) >= 11 is 5.95. The lowest BCUT2D eigenvalue weighted by atomic mass is 10.2. The van der Waals surface area contributed by atoms with Crippen LogP contribution in [-0.2, 0) is 0 Å². The molecule has 5 heteroatoms. The van der Waals surface area contributed by atoms with Crippen LogP contribution in [0.2, 0.25) is 5.02 Å². The van der Waals surface area contributed by atoms with Crippen molar-refractivity contribution in [2.45, 2.75) is 13.3 Å². The molecule has 0 amide bonds. The number of hydrogen-bond donors (Lipinski definition) is 3. The maximum absolute atomic E-state index is 8.34. The van der Waals surface area contributed by atoms with Crippen molar-refractivity contribution in [2.75, 3.05) is 11.9 Å². The minimum Gasteiger partial charge on any atom is -0.409 e. The van der Waals surface area contributed by atoms with Gasteiger partial charge in [-0.05, 0) is 24.6 Å². The fourth-order valence-electron chi connectivity index (χ4n) is 1.17. The Kier molecular flexibility index (Phi) is 4.24. The molecule has 0 aliphatic carbocycles. The highest BCUT2D eigenvalue weighted by molar-refractivity contribution is 6.31. The number of rotatable bonds is 4. The Bertz CT molecular complexity index is 366. The van der Waals surface area contributed by atoms with Gasteiger partial charge >= 0.3 is 0 Å². The molecule has 0 bridgehead atoms. The molecule has 0 saturated carbocycles. The molecule has 0 atom stereocenters. The SMILES string of the molecule is Cc1c(Cl)cccc1NCCC(N)=NO. The van der Waals surface area contributed by atoms with Gasteiger partial charge in [0.2, 0.25) is 0 Å². The molecule has 15 heavy (non-hydrogen) atoms. The molecule has 1 rings (SSSR count). The van der Waals surface area contributed by atoms with Crippen LogP contribution in [0.25, 0.3) is 0 Å². The van der Waals surface area contributed by atoms with Crippen molar-refractivity contribution in [3.8, 4) is 0 Å². The molecule has 0 saturated heterocycles. The number of oxime groups is 1. The molecular weight excluding hydrogens is 214 g/mol. The number of nitrogens with two attached hydrogens (primary N) is 1. The first kappa shape index (κ1) is 11.7. The average molecular weight is 228 g/mol. The van der Waals surface area contributed by atoms with Crippen LogP contribution < -0.4 is 11.1 Å². The molecule has 0 aliphatic rings. The zero-order valence-electron chi connectivity index (χ0n) is 8.50. The third-order valence-electron chi connectivity index (χ3n) is 2.09. The van der Waals surface area contributed by atoms with E-state index in [0.29, 0.717) is 13.0 Å². The van der Waals surface area contributed by atoms with Gasteiger partial charge in [-0.2, -0.15) is 0 Å². The molecule has 0 aliphatic heterocycles. The molecule has 0 unspecified atom stereocenters. The molecule has 0 aromatic heterocycles. The fraction of sp³-hybridized carbons (Fsp3) is 0.300. The predicted octanol–water partition coefficient (Wildman–Crippen LogP) is 2.20. The zero-order valence-corrected chi connectivity index (χ0v) is 9.25. The Hall–Kier alpha value is -1.42. The summed E-state index contributed by atoms with van der Waals surface area (Å²) in [6.45, 7) is 2.55. The van der Waals surface area contributed by atoms with Gasteiger partial charge in [-0.3, -0.25) is 0 Å². The summed E-state index contributed by atoms with van der Waals surface area (Å²) in [6, 6.07) is 5.65. The molecular formula is C10H14ClN3O. The summed E-state index contributed by atoms with van der Waals surface area (Å²) in [7, 11) is 0. The van der Waals surface area contributed by atoms with Gasteiger partial charge in [-0.15, -0.1) is 0 Å². The van der Waals surface area contributed by atoms with E-state index < -0.39 is 0 Å². The zero-order chi connectivity index (χ0) is 11.3. The second-order valence-corrected chi connectivity index (χ2v) is 3.59. The maximum atomic E-state index is 8.34. The van der Waals surface area contributed by atoms with Gasteiger partial charge in [-0.1, -0.05) is 22.8 Å². The van der Waals surface area contributed by atoms with E-state index in [0.717, 1.165) is 16.3 Å². The molecule has 0 fully saturated rings. The second kappa shape index (κ2) is 5.46. The molecule has 0 spiro atoms. The molecule has 4 nitrogen and oxygen atoms in total. The number of benzene rings is 1. The van der Waals surface area contributed by atoms with Gasteiger partial charge in [0.25, 0.3) is 0 Å². The van der Waals surface area contributed by atoms with Crippen molar-refractivity contribution < 1.29 is 5.21 Å². The lowest BCUT2D eigenvalue weighted by molar-refractivity contribution is 0.317. The van der Waals surface area contributed by atoms with Crippen LogP contribution in [0.4, 0.5) is 5.69 Å². The number of amidine groups is 1. The quantitative estimate of drug-likeness (QED) is 0.320. The van der Waals surface area contributed by atoms with Crippen molar-refractivity contribution in [1.29, 1.82) is 0 Å². The van der Waals surface area contributed by atoms with Gasteiger partial charge < -0.3 is 16.3 Å². The van der Waals surface area contributed by atoms with Crippen LogP contribution in [0.5, 0.6) is 0 Å². The lowest BCUT2D eigenvalue weighted by Gasteiger charge is -2.09. The first-order chi connectivity index (χ1) is 7.15. The molecule has 82 valence electrons. The van der Waals surface area contributed by atoms with Crippen LogP contribution in [-0.4, -0.2) is 17.6 Å². The standard InChI is InChI=1S/C10H14ClN3O/c1-7-8(11)3-2-4-9(7)13-6-5-10(12)14-15/h2-4,13,15H,5-6H2,1H3,(H2,12,14). The maximum Gasteiger partial charge on any atom is 0.140 e. The summed E-state index contributed by atoms with van der Waals surface area (Å²) in [5.41, 5.74) is 7.30. The van der Waals surface area contributed by atoms with Gasteiger partial charge in [0.05, 0.1) is 0 Å². The predicted molar refractivity (Wildman–Crippen MR) is 62.7 cm³/mol. The fourth-order valence-corrected chi connectivity index (χ4v) is 1.35. The van der Waals surface area contributed by atoms with E-state index in [-0.39, 0.29) is 5.84 Å². The monoisotopic (exact) mass is 227 g/mol. The average Bonchev–Trinajstić information content (AvgIpc) is 2.24. The highest BCUT2D eigenvalue weighted by Crippen LogP contribution is 2.22. The van der Waals surface area contributed by atoms with Gasteiger partial charge in [0.1, 0.15) is 5.84 Å². The second-order valence-electron chi connectivity index (χ2n) is 3.18. The Morgan fingerprint density at radius 1 is 1.60 bits per heavy atom. The Morgan fingerprint density at radius 2 is 2.33 bits per heavy atom. The van der Waals surface area contributed by atoms with Crippen LogP contribution in [0, 0.1) is 6.92 Å². The minimum atomic E-state index is 0.210. The summed E-state index contributed by atoms with van der Waals surface area (Å²) in [5, 5.41) is 15.1. The van der Waals surface area contributed by atoms with Crippen molar-refractivity contribution in [2.24, 2.45) is 10.9 Å². The smallest absolute Gasteiger partial charge is 0.140 e. The molecule has 1 aromatic carbocycles. The van der Waals surface area contributed by atoms with Crippen LogP contribution >= 0.6 is 11.6 Å². The first-order valence-corrected chi connectivity index (χ1v) is 4.98. The highest BCUT2D eigenvalue weighted by Gasteiger charge is 2.01. The van der Waals surface area contributed by atoms with E-state index in [4.69, 9.17) is 22.5 Å². The van der Waals surface area contributed by atoms with Gasteiger partial charge in [0.15, 0.2) is 0 Å². The number of halogens is 1. The molecule has 0 radical (unpaired) electrons. The molecule has 1 aromatic rings. The lowest BCUT2D eigenvalue weighted by Crippen LogP contribution is -2.16. The van der Waals surface area contributed by atoms with Gasteiger partial charge in [0, 0.05) is 23.7 Å². The summed E-state index contributed by atoms with van der Waals surface area (Å²) in [6.07, 6.45) is 0.489. The van der Waals surface area contributed by atoms with E-state index in [1.54, 1.807) is 0 Å². The van der Waals surface area contributed by atoms with E-state index >= 15 is 0 Å². The minimum absolute atomic E-state index is 0.210. The third-order valence-corrected chi connectivity index (χ3v) is 2.50. The van der Waals surface area contributed by atoms with E-state index in [1.165, 1.54) is 0 Å². The van der Waals surface area contributed by atoms with E-state index in [1.807, 2.05) is 25.1 Å². The van der Waals surface area contributed by atoms with Crippen molar-refractivity contribution in [3.63, 3.8) is 0 Å². The number of nitrogens with zero attached hydrogens (tertiary/aromatic N) is 1. The van der Waals surface area contributed by atoms with Crippen LogP contribution in [0.15, 0.2) is 23.4 Å². The van der Waals surface area contributed by atoms with Crippen LogP contribution in [0.1, 0.15) is 12.0 Å². The van der Waals surface area contributed by atoms with Crippen molar-refractivity contribution >= 4 is 23.1 Å². The van der Waals surface area contributed by atoms with Gasteiger partial charge in [-0.25, -0.2) is 0 Å². The van der Waals surface area contributed by atoms with Crippen molar-refractivity contribution in [3.05, 3.63) is 28.8 Å². The third kappa shape index (κ3) is 3.32. The Balaban J connectivity index is 2.55. The van der Waals surface area contributed by atoms with E-state index in [2.05, 4.69) is 10.5 Å². The summed E-state index contributed by atoms with van der Waals surface area (Å²) < 4.78 is 0. The number of hydrogen-bond acceptors (Lipinski definition) is 3. The normalized spacial score (nSPS) is 11.5. The highest BCUT2D eigenvalue weighted by atomic mass is 35.5. The summed E-state index contributed by atoms with van der Waals surface area (Å²) in [4.78, 5) is 0. The first-order valence-electron chi connectivity index (χ1n) is 4.60. The number of nitrogens with one attached hydrogen (secondary N) is 1. The Morgan fingerprint density at radius 3 is 3.00 bits per heavy atom. The van der Waals surface area contributed by atoms with Crippen molar-refractivity contribution in [1.82, 2.24) is 0 Å². The Labute approximate surface area is 93.7 Å². The molecule has 0 heterocycles. The largest absolute Gasteiger partial charge is 0.409 e. The van der Waals surface area contributed by atoms with E-state index in [9.17, 15) is 0 Å². The summed E-state index contributed by atoms with van der Waals surface area (Å²) in [5.74, 6) is 0.210. The topological polar surface area (TPSA) is 70.6 Å².